The van der Waals surface area contributed by atoms with Crippen LogP contribution in [0.5, 0.6) is 0 Å². The first-order valence-electron chi connectivity index (χ1n) is 19.1. The summed E-state index contributed by atoms with van der Waals surface area (Å²) in [5, 5.41) is -1.08. The Morgan fingerprint density at radius 2 is 0.768 bits per heavy atom. The highest BCUT2D eigenvalue weighted by molar-refractivity contribution is 7.80. The number of rotatable bonds is 19. The Balaban J connectivity index is 1.90. The van der Waals surface area contributed by atoms with E-state index in [1.54, 1.807) is 13.8 Å². The van der Waals surface area contributed by atoms with Gasteiger partial charge in [-0.05, 0) is 59.8 Å². The van der Waals surface area contributed by atoms with Crippen LogP contribution in [-0.4, -0.2) is 90.1 Å². The van der Waals surface area contributed by atoms with Crippen molar-refractivity contribution in [1.29, 1.82) is 0 Å². The van der Waals surface area contributed by atoms with Gasteiger partial charge in [0.1, 0.15) is 6.61 Å². The van der Waals surface area contributed by atoms with Crippen molar-refractivity contribution in [3.8, 4) is 0 Å². The van der Waals surface area contributed by atoms with Crippen LogP contribution >= 0.6 is 7.92 Å². The molecule has 3 aromatic carbocycles. The van der Waals surface area contributed by atoms with Gasteiger partial charge >= 0.3 is 71.6 Å². The highest BCUT2D eigenvalue weighted by atomic mass is 31.1. The van der Waals surface area contributed by atoms with E-state index in [9.17, 15) is 96.6 Å². The van der Waals surface area contributed by atoms with Gasteiger partial charge < -0.3 is 4.74 Å². The standard InChI is InChI=1S/C40H30F26NOP/c1-20(2)24-19-68-28(67-24)23-11-5-8-14-27(23)69(25-12-6-3-9-21(25)15-17-29(41,42)31(45,46)33(49,50)35(53,54)37(57,58)39(61,62)63)26-13-7-4-10-22(26)16-18-30(43,44)32(47,48)34(51,52)36(55,56)38(59,60)40(64,65)66/h3-14,20,24H,15-19H2,1-2H3. The number of hydrogen-bond donors (Lipinski definition) is 0. The molecule has 0 radical (unpaired) electrons. The van der Waals surface area contributed by atoms with Crippen molar-refractivity contribution >= 4 is 29.7 Å². The lowest BCUT2D eigenvalue weighted by atomic mass is 9.91. The molecule has 1 heterocycles. The highest BCUT2D eigenvalue weighted by Gasteiger charge is 2.92. The van der Waals surface area contributed by atoms with Gasteiger partial charge in [0, 0.05) is 18.4 Å². The summed E-state index contributed by atoms with van der Waals surface area (Å²) in [6.45, 7) is 3.25. The summed E-state index contributed by atoms with van der Waals surface area (Å²) in [7, 11) is -2.85. The van der Waals surface area contributed by atoms with Crippen molar-refractivity contribution in [1.82, 2.24) is 0 Å². The number of halogens is 26. The first-order valence-corrected chi connectivity index (χ1v) is 20.4. The second-order valence-electron chi connectivity index (χ2n) is 15.7. The SMILES string of the molecule is CC(C)C1COC(c2ccccc2P(c2ccccc2CCC(F)(F)C(F)(F)C(F)(F)C(F)(F)C(F)(F)C(F)(F)F)c2ccccc2CCC(F)(F)C(F)(F)C(F)(F)C(F)(F)C(F)(F)C(F)(F)F)=N1. The topological polar surface area (TPSA) is 21.6 Å². The van der Waals surface area contributed by atoms with Crippen LogP contribution in [-0.2, 0) is 17.6 Å². The third kappa shape index (κ3) is 9.52. The van der Waals surface area contributed by atoms with Crippen molar-refractivity contribution in [2.75, 3.05) is 6.61 Å². The number of benzene rings is 3. The minimum Gasteiger partial charge on any atom is -0.475 e. The zero-order valence-corrected chi connectivity index (χ0v) is 35.1. The number of hydrogen-bond acceptors (Lipinski definition) is 2. The second kappa shape index (κ2) is 18.4. The molecule has 1 aliphatic heterocycles. The second-order valence-corrected chi connectivity index (χ2v) is 17.8. The summed E-state index contributed by atoms with van der Waals surface area (Å²) < 4.78 is 369. The Bertz CT molecular complexity index is 2200. The molecule has 1 unspecified atom stereocenters. The van der Waals surface area contributed by atoms with E-state index in [0.29, 0.717) is 0 Å². The van der Waals surface area contributed by atoms with Crippen LogP contribution in [0.25, 0.3) is 0 Å². The molecule has 2 nitrogen and oxygen atoms in total. The van der Waals surface area contributed by atoms with Crippen molar-refractivity contribution in [2.45, 2.75) is 117 Å². The van der Waals surface area contributed by atoms with Gasteiger partial charge in [-0.1, -0.05) is 80.6 Å². The molecule has 0 saturated heterocycles. The molecule has 0 N–H and O–H groups in total. The zero-order chi connectivity index (χ0) is 53.2. The lowest BCUT2D eigenvalue weighted by molar-refractivity contribution is -0.440. The summed E-state index contributed by atoms with van der Waals surface area (Å²) in [6, 6.07) is 11.6. The van der Waals surface area contributed by atoms with E-state index < -0.39 is 133 Å². The Kier molecular flexibility index (Phi) is 15.3. The molecule has 0 fully saturated rings. The van der Waals surface area contributed by atoms with E-state index >= 15 is 17.6 Å². The molecule has 4 rings (SSSR count). The van der Waals surface area contributed by atoms with Crippen molar-refractivity contribution < 1.29 is 119 Å². The number of alkyl halides is 26. The number of nitrogens with zero attached hydrogens (tertiary/aromatic N) is 1. The van der Waals surface area contributed by atoms with Crippen LogP contribution in [0, 0.1) is 5.92 Å². The van der Waals surface area contributed by atoms with E-state index in [4.69, 9.17) is 4.74 Å². The average molecular weight is 1070 g/mol. The molecule has 69 heavy (non-hydrogen) atoms. The summed E-state index contributed by atoms with van der Waals surface area (Å²) in [5.74, 6) is -77.9. The molecule has 3 aromatic rings. The Hall–Kier alpha value is -4.26. The molecular weight excluding hydrogens is 1040 g/mol. The minimum absolute atomic E-state index is 0.0787. The molecule has 1 atom stereocenters. The first kappa shape index (κ1) is 57.3. The van der Waals surface area contributed by atoms with Gasteiger partial charge in [0.05, 0.1) is 6.04 Å². The number of aryl methyl sites for hydroxylation is 2. The van der Waals surface area contributed by atoms with Crippen LogP contribution in [0.2, 0.25) is 0 Å². The van der Waals surface area contributed by atoms with E-state index in [-0.39, 0.29) is 29.3 Å². The largest absolute Gasteiger partial charge is 0.475 e. The fraction of sp³-hybridized carbons (Fsp3) is 0.525. The van der Waals surface area contributed by atoms with Gasteiger partial charge in [-0.25, -0.2) is 4.99 Å². The maximum Gasteiger partial charge on any atom is 0.460 e. The number of aliphatic imine (C=N–C) groups is 1. The predicted octanol–water partition coefficient (Wildman–Crippen LogP) is 13.6. The maximum atomic E-state index is 15.2. The van der Waals surface area contributed by atoms with Crippen LogP contribution in [0.4, 0.5) is 114 Å². The summed E-state index contributed by atoms with van der Waals surface area (Å²) in [5.41, 5.74) is -1.53. The van der Waals surface area contributed by atoms with Crippen molar-refractivity contribution in [3.05, 3.63) is 89.5 Å². The molecule has 0 bridgehead atoms. The lowest BCUT2D eigenvalue weighted by Gasteiger charge is -2.40. The van der Waals surface area contributed by atoms with Crippen molar-refractivity contribution in [2.24, 2.45) is 10.9 Å². The molecule has 0 spiro atoms. The Morgan fingerprint density at radius 3 is 1.10 bits per heavy atom. The highest BCUT2D eigenvalue weighted by Crippen LogP contribution is 2.62. The van der Waals surface area contributed by atoms with Crippen LogP contribution in [0.1, 0.15) is 43.4 Å². The third-order valence-corrected chi connectivity index (χ3v) is 13.4. The van der Waals surface area contributed by atoms with E-state index in [1.807, 2.05) is 0 Å². The quantitative estimate of drug-likeness (QED) is 0.0866. The minimum atomic E-state index is -8.23. The molecule has 388 valence electrons. The Labute approximate surface area is 372 Å². The maximum absolute atomic E-state index is 15.2. The molecule has 0 aliphatic carbocycles. The van der Waals surface area contributed by atoms with Crippen LogP contribution in [0.3, 0.4) is 0 Å². The lowest BCUT2D eigenvalue weighted by Crippen LogP contribution is -2.70. The number of ether oxygens (including phenoxy) is 1. The third-order valence-electron chi connectivity index (χ3n) is 10.7. The molecule has 1 aliphatic rings. The molecule has 0 amide bonds. The van der Waals surface area contributed by atoms with Crippen LogP contribution in [0.15, 0.2) is 77.8 Å². The van der Waals surface area contributed by atoms with Crippen molar-refractivity contribution in [3.63, 3.8) is 0 Å². The Morgan fingerprint density at radius 1 is 0.449 bits per heavy atom. The summed E-state index contributed by atoms with van der Waals surface area (Å²) >= 11 is 0. The van der Waals surface area contributed by atoms with Gasteiger partial charge in [0.15, 0.2) is 0 Å². The normalized spacial score (nSPS) is 16.9. The molecular formula is C40H30F26NOP. The van der Waals surface area contributed by atoms with Gasteiger partial charge in [0.2, 0.25) is 5.90 Å². The monoisotopic (exact) mass is 1070 g/mol. The van der Waals surface area contributed by atoms with Gasteiger partial charge in [0.25, 0.3) is 0 Å². The summed E-state index contributed by atoms with van der Waals surface area (Å²) in [4.78, 5) is 4.40. The fourth-order valence-electron chi connectivity index (χ4n) is 6.50. The first-order chi connectivity index (χ1) is 30.9. The van der Waals surface area contributed by atoms with Gasteiger partial charge in [-0.15, -0.1) is 0 Å². The smallest absolute Gasteiger partial charge is 0.460 e. The average Bonchev–Trinajstić information content (AvgIpc) is 3.73. The van der Waals surface area contributed by atoms with E-state index in [1.165, 1.54) is 24.3 Å². The molecule has 0 aromatic heterocycles. The fourth-order valence-corrected chi connectivity index (χ4v) is 9.34. The zero-order valence-electron chi connectivity index (χ0n) is 34.2. The van der Waals surface area contributed by atoms with E-state index in [2.05, 4.69) is 4.99 Å². The predicted molar refractivity (Wildman–Crippen MR) is 194 cm³/mol. The van der Waals surface area contributed by atoms with Gasteiger partial charge in [-0.3, -0.25) is 0 Å². The van der Waals surface area contributed by atoms with Crippen LogP contribution < -0.4 is 15.9 Å². The summed E-state index contributed by atoms with van der Waals surface area (Å²) in [6.07, 6.45) is -24.4. The van der Waals surface area contributed by atoms with Gasteiger partial charge in [-0.2, -0.15) is 114 Å². The molecule has 29 heteroatoms. The molecule has 0 saturated carbocycles. The van der Waals surface area contributed by atoms with E-state index in [0.717, 1.165) is 48.5 Å².